The van der Waals surface area contributed by atoms with Crippen LogP contribution in [0, 0.1) is 0 Å². The van der Waals surface area contributed by atoms with Gasteiger partial charge < -0.3 is 13.9 Å². The maximum atomic E-state index is 6.99. The highest BCUT2D eigenvalue weighted by Gasteiger charge is 2.24. The topological polar surface area (TPSA) is 21.3 Å². The van der Waals surface area contributed by atoms with E-state index in [0.717, 1.165) is 61.3 Å². The Morgan fingerprint density at radius 3 is 1.32 bits per heavy atom. The Bertz CT molecular complexity index is 2840. The summed E-state index contributed by atoms with van der Waals surface area (Å²) in [6, 6.07) is 73.1. The maximum absolute atomic E-state index is 6.99. The summed E-state index contributed by atoms with van der Waals surface area (Å²) in [6.45, 7) is 0. The van der Waals surface area contributed by atoms with Gasteiger partial charge in [-0.1, -0.05) is 146 Å². The van der Waals surface area contributed by atoms with Crippen molar-refractivity contribution in [3.8, 4) is 39.1 Å². The van der Waals surface area contributed by atoms with E-state index >= 15 is 0 Å². The third kappa shape index (κ3) is 5.38. The van der Waals surface area contributed by atoms with Gasteiger partial charge in [0.05, 0.1) is 11.2 Å². The van der Waals surface area contributed by atoms with E-state index in [4.69, 9.17) is 4.42 Å². The number of fused-ring (bicyclic) bond motifs is 5. The highest BCUT2D eigenvalue weighted by molar-refractivity contribution is 6.18. The lowest BCUT2D eigenvalue weighted by Crippen LogP contribution is -2.10. The number of anilines is 3. The first-order valence-corrected chi connectivity index (χ1v) is 18.0. The van der Waals surface area contributed by atoms with E-state index in [1.807, 2.05) is 0 Å². The van der Waals surface area contributed by atoms with Crippen LogP contribution in [-0.4, -0.2) is 4.57 Å². The van der Waals surface area contributed by atoms with Crippen molar-refractivity contribution in [2.24, 2.45) is 0 Å². The van der Waals surface area contributed by atoms with Crippen LogP contribution in [0.25, 0.3) is 72.0 Å². The molecule has 0 amide bonds. The molecular weight excluding hydrogens is 645 g/mol. The number of rotatable bonds is 7. The summed E-state index contributed by atoms with van der Waals surface area (Å²) in [6.07, 6.45) is 0. The third-order valence-corrected chi connectivity index (χ3v) is 10.2. The molecular formula is C50H34N2O. The molecule has 0 N–H and O–H groups in total. The number of hydrogen-bond donors (Lipinski definition) is 0. The second kappa shape index (κ2) is 12.9. The molecule has 0 radical (unpaired) electrons. The van der Waals surface area contributed by atoms with Crippen LogP contribution in [0.5, 0.6) is 0 Å². The highest BCUT2D eigenvalue weighted by atomic mass is 16.3. The van der Waals surface area contributed by atoms with Gasteiger partial charge in [-0.3, -0.25) is 0 Å². The van der Waals surface area contributed by atoms with Gasteiger partial charge in [0.15, 0.2) is 11.2 Å². The summed E-state index contributed by atoms with van der Waals surface area (Å²) in [7, 11) is 0. The van der Waals surface area contributed by atoms with Crippen molar-refractivity contribution < 1.29 is 4.42 Å². The lowest BCUT2D eigenvalue weighted by atomic mass is 10.00. The molecule has 0 atom stereocenters. The molecule has 0 spiro atoms. The van der Waals surface area contributed by atoms with E-state index in [9.17, 15) is 0 Å². The van der Waals surface area contributed by atoms with Crippen LogP contribution in [0.3, 0.4) is 0 Å². The predicted molar refractivity (Wildman–Crippen MR) is 222 cm³/mol. The van der Waals surface area contributed by atoms with Gasteiger partial charge >= 0.3 is 0 Å². The molecule has 0 saturated carbocycles. The van der Waals surface area contributed by atoms with Crippen LogP contribution in [0.4, 0.5) is 17.1 Å². The van der Waals surface area contributed by atoms with E-state index < -0.39 is 0 Å². The monoisotopic (exact) mass is 678 g/mol. The average Bonchev–Trinajstić information content (AvgIpc) is 3.78. The van der Waals surface area contributed by atoms with Gasteiger partial charge in [-0.15, -0.1) is 0 Å². The third-order valence-electron chi connectivity index (χ3n) is 10.2. The summed E-state index contributed by atoms with van der Waals surface area (Å²) in [5, 5.41) is 2.16. The van der Waals surface area contributed by atoms with Crippen LogP contribution in [-0.2, 0) is 0 Å². The van der Waals surface area contributed by atoms with Gasteiger partial charge in [0.2, 0.25) is 0 Å². The first-order chi connectivity index (χ1) is 26.3. The molecule has 0 aliphatic rings. The van der Waals surface area contributed by atoms with Crippen molar-refractivity contribution in [2.45, 2.75) is 0 Å². The minimum atomic E-state index is 0.848. The van der Waals surface area contributed by atoms with Crippen molar-refractivity contribution in [3.63, 3.8) is 0 Å². The number of furan rings is 1. The summed E-state index contributed by atoms with van der Waals surface area (Å²) in [4.78, 5) is 2.32. The van der Waals surface area contributed by atoms with E-state index in [2.05, 4.69) is 216 Å². The quantitative estimate of drug-likeness (QED) is 0.167. The highest BCUT2D eigenvalue weighted by Crippen LogP contribution is 2.45. The standard InChI is InChI=1S/C50H34N2O/c1-4-13-35(14-5-1)37-23-25-38(26-24-37)40-29-33-43(34-30-40)51(42-31-27-39(28-32-42)36-15-6-2-7-16-36)47-22-12-20-45-48-50(53-49(45)47)44-19-10-11-21-46(44)52(48)41-17-8-3-9-18-41/h1-34H. The molecule has 250 valence electrons. The largest absolute Gasteiger partial charge is 0.451 e. The fourth-order valence-electron chi connectivity index (χ4n) is 7.65. The zero-order chi connectivity index (χ0) is 35.1. The Kier molecular flexibility index (Phi) is 7.47. The number of benzene rings is 8. The maximum Gasteiger partial charge on any atom is 0.161 e. The lowest BCUT2D eigenvalue weighted by molar-refractivity contribution is 0.673. The molecule has 0 unspecified atom stereocenters. The van der Waals surface area contributed by atoms with E-state index in [1.165, 1.54) is 27.8 Å². The van der Waals surface area contributed by atoms with Crippen LogP contribution >= 0.6 is 0 Å². The molecule has 0 aliphatic carbocycles. The van der Waals surface area contributed by atoms with Crippen molar-refractivity contribution in [2.75, 3.05) is 4.90 Å². The molecule has 53 heavy (non-hydrogen) atoms. The van der Waals surface area contributed by atoms with Crippen LogP contribution in [0.15, 0.2) is 211 Å². The minimum absolute atomic E-state index is 0.848. The number of hydrogen-bond acceptors (Lipinski definition) is 2. The molecule has 8 aromatic carbocycles. The normalized spacial score (nSPS) is 11.4. The molecule has 0 fully saturated rings. The van der Waals surface area contributed by atoms with Gasteiger partial charge in [0.25, 0.3) is 0 Å². The van der Waals surface area contributed by atoms with E-state index in [0.29, 0.717) is 0 Å². The minimum Gasteiger partial charge on any atom is -0.451 e. The second-order valence-corrected chi connectivity index (χ2v) is 13.4. The van der Waals surface area contributed by atoms with Crippen molar-refractivity contribution in [1.29, 1.82) is 0 Å². The fraction of sp³-hybridized carbons (Fsp3) is 0. The van der Waals surface area contributed by atoms with Crippen molar-refractivity contribution >= 4 is 50.0 Å². The Morgan fingerprint density at radius 1 is 0.340 bits per heavy atom. The molecule has 2 heterocycles. The summed E-state index contributed by atoms with van der Waals surface area (Å²) in [5.41, 5.74) is 15.3. The summed E-state index contributed by atoms with van der Waals surface area (Å²) >= 11 is 0. The van der Waals surface area contributed by atoms with Crippen LogP contribution in [0.2, 0.25) is 0 Å². The van der Waals surface area contributed by atoms with Gasteiger partial charge in [-0.25, -0.2) is 0 Å². The summed E-state index contributed by atoms with van der Waals surface area (Å²) < 4.78 is 9.32. The average molecular weight is 679 g/mol. The van der Waals surface area contributed by atoms with Crippen LogP contribution in [0.1, 0.15) is 0 Å². The molecule has 0 saturated heterocycles. The Morgan fingerprint density at radius 2 is 0.774 bits per heavy atom. The zero-order valence-electron chi connectivity index (χ0n) is 28.9. The van der Waals surface area contributed by atoms with Gasteiger partial charge in [0, 0.05) is 27.8 Å². The predicted octanol–water partition coefficient (Wildman–Crippen LogP) is 14.0. The first-order valence-electron chi connectivity index (χ1n) is 18.0. The molecule has 0 aliphatic heterocycles. The SMILES string of the molecule is c1ccc(-c2ccc(-c3ccc(N(c4ccc(-c5ccccc5)cc4)c4cccc5c4oc4c6ccccc6n(-c6ccccc6)c54)cc3)cc2)cc1. The molecule has 3 nitrogen and oxygen atoms in total. The van der Waals surface area contributed by atoms with Crippen LogP contribution < -0.4 is 4.90 Å². The molecule has 0 bridgehead atoms. The molecule has 10 aromatic rings. The Hall–Kier alpha value is -7.10. The van der Waals surface area contributed by atoms with E-state index in [1.54, 1.807) is 0 Å². The smallest absolute Gasteiger partial charge is 0.161 e. The number of nitrogens with zero attached hydrogens (tertiary/aromatic N) is 2. The molecule has 3 heteroatoms. The second-order valence-electron chi connectivity index (χ2n) is 13.4. The Labute approximate surface area is 308 Å². The number of para-hydroxylation sites is 3. The van der Waals surface area contributed by atoms with Gasteiger partial charge in [0.1, 0.15) is 5.52 Å². The summed E-state index contributed by atoms with van der Waals surface area (Å²) in [5.74, 6) is 0. The zero-order valence-corrected chi connectivity index (χ0v) is 28.9. The first kappa shape index (κ1) is 30.7. The lowest BCUT2D eigenvalue weighted by Gasteiger charge is -2.26. The van der Waals surface area contributed by atoms with Gasteiger partial charge in [-0.2, -0.15) is 0 Å². The molecule has 10 rings (SSSR count). The van der Waals surface area contributed by atoms with Gasteiger partial charge in [-0.05, 0) is 94.0 Å². The Balaban J connectivity index is 1.12. The number of aromatic nitrogens is 1. The van der Waals surface area contributed by atoms with Crippen molar-refractivity contribution in [1.82, 2.24) is 4.57 Å². The van der Waals surface area contributed by atoms with E-state index in [-0.39, 0.29) is 0 Å². The van der Waals surface area contributed by atoms with Crippen molar-refractivity contribution in [3.05, 3.63) is 206 Å². The fourth-order valence-corrected chi connectivity index (χ4v) is 7.65. The molecule has 2 aromatic heterocycles.